The number of anilines is 2. The molecule has 16 heavy (non-hydrogen) atoms. The van der Waals surface area contributed by atoms with Crippen molar-refractivity contribution < 1.29 is 0 Å². The molecule has 0 aliphatic heterocycles. The molecule has 0 radical (unpaired) electrons. The van der Waals surface area contributed by atoms with Gasteiger partial charge in [-0.3, -0.25) is 0 Å². The lowest BCUT2D eigenvalue weighted by molar-refractivity contribution is 0.620. The molecule has 0 atom stereocenters. The molecule has 1 aromatic rings. The van der Waals surface area contributed by atoms with E-state index in [9.17, 15) is 0 Å². The maximum Gasteiger partial charge on any atom is 0.153 e. The molecule has 0 amide bonds. The zero-order chi connectivity index (χ0) is 11.4. The number of thioether (sulfide) groups is 1. The van der Waals surface area contributed by atoms with Crippen LogP contribution in [0.5, 0.6) is 0 Å². The molecule has 0 unspecified atom stereocenters. The summed E-state index contributed by atoms with van der Waals surface area (Å²) in [5.74, 6) is 0.675. The fourth-order valence-electron chi connectivity index (χ4n) is 2.19. The van der Waals surface area contributed by atoms with Crippen molar-refractivity contribution in [3.8, 4) is 0 Å². The lowest BCUT2D eigenvalue weighted by Gasteiger charge is -2.16. The van der Waals surface area contributed by atoms with Gasteiger partial charge in [0, 0.05) is 6.04 Å². The van der Waals surface area contributed by atoms with E-state index in [-0.39, 0.29) is 0 Å². The van der Waals surface area contributed by atoms with Crippen molar-refractivity contribution in [3.05, 3.63) is 0 Å². The quantitative estimate of drug-likeness (QED) is 0.642. The fraction of sp³-hybridized carbons (Fsp3) is 0.727. The molecule has 1 aliphatic carbocycles. The minimum absolute atomic E-state index is 0.619. The summed E-state index contributed by atoms with van der Waals surface area (Å²) >= 11 is 3.18. The average Bonchev–Trinajstić information content (AvgIpc) is 2.51. The summed E-state index contributed by atoms with van der Waals surface area (Å²) in [4.78, 5) is 1.12. The third kappa shape index (κ3) is 2.83. The van der Waals surface area contributed by atoms with Crippen LogP contribution in [-0.4, -0.2) is 16.7 Å². The van der Waals surface area contributed by atoms with Crippen molar-refractivity contribution >= 4 is 34.1 Å². The van der Waals surface area contributed by atoms with Crippen LogP contribution >= 0.6 is 23.3 Å². The molecule has 1 aliphatic rings. The smallest absolute Gasteiger partial charge is 0.153 e. The molecule has 1 aromatic heterocycles. The van der Waals surface area contributed by atoms with E-state index in [4.69, 9.17) is 5.73 Å². The van der Waals surface area contributed by atoms with Crippen LogP contribution in [0, 0.1) is 0 Å². The maximum atomic E-state index is 5.83. The van der Waals surface area contributed by atoms with E-state index in [2.05, 4.69) is 15.9 Å². The summed E-state index contributed by atoms with van der Waals surface area (Å²) < 4.78 is 4.21. The van der Waals surface area contributed by atoms with Crippen LogP contribution in [0.2, 0.25) is 0 Å². The van der Waals surface area contributed by atoms with Crippen LogP contribution in [0.15, 0.2) is 4.90 Å². The number of hydrogen-bond donors (Lipinski definition) is 2. The second kappa shape index (κ2) is 5.77. The van der Waals surface area contributed by atoms with Crippen molar-refractivity contribution in [2.45, 2.75) is 49.5 Å². The van der Waals surface area contributed by atoms with Gasteiger partial charge in [-0.05, 0) is 30.6 Å². The summed E-state index contributed by atoms with van der Waals surface area (Å²) in [6.07, 6.45) is 10.1. The number of rotatable bonds is 3. The highest BCUT2D eigenvalue weighted by Crippen LogP contribution is 2.36. The van der Waals surface area contributed by atoms with Gasteiger partial charge in [0.2, 0.25) is 0 Å². The SMILES string of the molecule is CSc1c(N)nsc1NC1CCCCCC1. The Balaban J connectivity index is 2.01. The molecule has 0 spiro atoms. The fourth-order valence-corrected chi connectivity index (χ4v) is 3.80. The van der Waals surface area contributed by atoms with Gasteiger partial charge in [0.25, 0.3) is 0 Å². The molecule has 0 aromatic carbocycles. The monoisotopic (exact) mass is 257 g/mol. The van der Waals surface area contributed by atoms with E-state index in [1.165, 1.54) is 50.1 Å². The van der Waals surface area contributed by atoms with Crippen LogP contribution in [0.4, 0.5) is 10.8 Å². The Morgan fingerprint density at radius 2 is 2.00 bits per heavy atom. The van der Waals surface area contributed by atoms with Crippen LogP contribution < -0.4 is 11.1 Å². The maximum absolute atomic E-state index is 5.83. The van der Waals surface area contributed by atoms with E-state index in [0.717, 1.165) is 9.90 Å². The predicted molar refractivity (Wildman–Crippen MR) is 73.4 cm³/mol. The number of nitrogens with one attached hydrogen (secondary N) is 1. The lowest BCUT2D eigenvalue weighted by atomic mass is 10.1. The molecule has 0 saturated heterocycles. The lowest BCUT2D eigenvalue weighted by Crippen LogP contribution is -2.17. The molecule has 2 rings (SSSR count). The minimum Gasteiger partial charge on any atom is -0.382 e. The highest BCUT2D eigenvalue weighted by atomic mass is 32.2. The largest absolute Gasteiger partial charge is 0.382 e. The van der Waals surface area contributed by atoms with Gasteiger partial charge in [-0.25, -0.2) is 0 Å². The summed E-state index contributed by atoms with van der Waals surface area (Å²) in [6, 6.07) is 0.619. The molecular formula is C11H19N3S2. The van der Waals surface area contributed by atoms with Crippen molar-refractivity contribution in [2.24, 2.45) is 0 Å². The Kier molecular flexibility index (Phi) is 4.35. The Bertz CT molecular complexity index is 330. The van der Waals surface area contributed by atoms with E-state index in [1.807, 2.05) is 0 Å². The molecule has 1 heterocycles. The van der Waals surface area contributed by atoms with E-state index >= 15 is 0 Å². The molecule has 5 heteroatoms. The highest BCUT2D eigenvalue weighted by molar-refractivity contribution is 7.99. The molecule has 1 fully saturated rings. The Hall–Kier alpha value is -0.420. The third-order valence-electron chi connectivity index (χ3n) is 3.07. The molecule has 1 saturated carbocycles. The van der Waals surface area contributed by atoms with Crippen LogP contribution in [0.1, 0.15) is 38.5 Å². The van der Waals surface area contributed by atoms with Crippen molar-refractivity contribution in [3.63, 3.8) is 0 Å². The van der Waals surface area contributed by atoms with Crippen molar-refractivity contribution in [1.82, 2.24) is 4.37 Å². The normalized spacial score (nSPS) is 18.3. The number of hydrogen-bond acceptors (Lipinski definition) is 5. The Morgan fingerprint density at radius 3 is 2.62 bits per heavy atom. The summed E-state index contributed by atoms with van der Waals surface area (Å²) in [5, 5.41) is 4.78. The molecule has 3 N–H and O–H groups in total. The van der Waals surface area contributed by atoms with Crippen molar-refractivity contribution in [1.29, 1.82) is 0 Å². The first-order chi connectivity index (χ1) is 7.81. The Morgan fingerprint density at radius 1 is 1.31 bits per heavy atom. The third-order valence-corrected chi connectivity index (χ3v) is 4.81. The van der Waals surface area contributed by atoms with Crippen LogP contribution in [0.3, 0.4) is 0 Å². The highest BCUT2D eigenvalue weighted by Gasteiger charge is 2.16. The summed E-state index contributed by atoms with van der Waals surface area (Å²) in [7, 11) is 0. The standard InChI is InChI=1S/C11H19N3S2/c1-15-9-10(12)14-16-11(9)13-8-6-4-2-3-5-7-8/h8,13H,2-7H2,1H3,(H2,12,14). The first kappa shape index (κ1) is 12.0. The van der Waals surface area contributed by atoms with E-state index in [0.29, 0.717) is 11.9 Å². The average molecular weight is 257 g/mol. The topological polar surface area (TPSA) is 50.9 Å². The predicted octanol–water partition coefficient (Wildman–Crippen LogP) is 3.58. The summed E-state index contributed by atoms with van der Waals surface area (Å²) in [6.45, 7) is 0. The van der Waals surface area contributed by atoms with Crippen LogP contribution in [-0.2, 0) is 0 Å². The van der Waals surface area contributed by atoms with Gasteiger partial charge in [-0.2, -0.15) is 4.37 Å². The molecule has 0 bridgehead atoms. The Labute approximate surface area is 105 Å². The molecule has 3 nitrogen and oxygen atoms in total. The van der Waals surface area contributed by atoms with E-state index < -0.39 is 0 Å². The van der Waals surface area contributed by atoms with Gasteiger partial charge >= 0.3 is 0 Å². The first-order valence-electron chi connectivity index (χ1n) is 5.87. The zero-order valence-corrected chi connectivity index (χ0v) is 11.3. The van der Waals surface area contributed by atoms with E-state index in [1.54, 1.807) is 11.8 Å². The minimum atomic E-state index is 0.619. The summed E-state index contributed by atoms with van der Waals surface area (Å²) in [5.41, 5.74) is 5.83. The first-order valence-corrected chi connectivity index (χ1v) is 7.86. The molecular weight excluding hydrogens is 238 g/mol. The second-order valence-corrected chi connectivity index (χ2v) is 5.85. The van der Waals surface area contributed by atoms with Crippen molar-refractivity contribution in [2.75, 3.05) is 17.3 Å². The van der Waals surface area contributed by atoms with Gasteiger partial charge in [-0.15, -0.1) is 11.8 Å². The number of nitrogen functional groups attached to an aromatic ring is 1. The number of aromatic nitrogens is 1. The van der Waals surface area contributed by atoms with Crippen LogP contribution in [0.25, 0.3) is 0 Å². The zero-order valence-electron chi connectivity index (χ0n) is 9.66. The van der Waals surface area contributed by atoms with Gasteiger partial charge < -0.3 is 11.1 Å². The van der Waals surface area contributed by atoms with Gasteiger partial charge in [0.1, 0.15) is 5.00 Å². The molecule has 90 valence electrons. The number of nitrogens with zero attached hydrogens (tertiary/aromatic N) is 1. The number of nitrogens with two attached hydrogens (primary N) is 1. The van der Waals surface area contributed by atoms with Gasteiger partial charge in [0.05, 0.1) is 4.90 Å². The second-order valence-electron chi connectivity index (χ2n) is 4.26. The van der Waals surface area contributed by atoms with Gasteiger partial charge in [0.15, 0.2) is 5.82 Å². The van der Waals surface area contributed by atoms with Gasteiger partial charge in [-0.1, -0.05) is 25.7 Å².